The monoisotopic (exact) mass is 679 g/mol. The quantitative estimate of drug-likeness (QED) is 0.0708. The summed E-state index contributed by atoms with van der Waals surface area (Å²) in [6, 6.07) is 6.17. The summed E-state index contributed by atoms with van der Waals surface area (Å²) in [6.45, 7) is -1.84. The number of anilines is 1. The van der Waals surface area contributed by atoms with Gasteiger partial charge in [-0.05, 0) is 18.2 Å². The number of hydrogen-bond acceptors (Lipinski definition) is 17. The topological polar surface area (TPSA) is 311 Å². The summed E-state index contributed by atoms with van der Waals surface area (Å²) >= 11 is 0. The highest BCUT2D eigenvalue weighted by atomic mass is 31.3. The number of nitrogens with two attached hydrogens (primary N) is 1. The largest absolute Gasteiger partial charge is 0.481 e. The third-order valence-electron chi connectivity index (χ3n) is 6.73. The average molecular weight is 679 g/mol. The summed E-state index contributed by atoms with van der Waals surface area (Å²) < 4.78 is 55.8. The number of non-ortho nitro benzene ring substituents is 1. The van der Waals surface area contributed by atoms with Crippen molar-refractivity contribution < 1.29 is 71.8 Å². The number of imidazole rings is 1. The van der Waals surface area contributed by atoms with E-state index >= 15 is 0 Å². The van der Waals surface area contributed by atoms with E-state index in [0.717, 1.165) is 12.1 Å². The fourth-order valence-corrected chi connectivity index (χ4v) is 6.57. The molecule has 21 nitrogen and oxygen atoms in total. The molecule has 2 aromatic heterocycles. The number of phosphoric ester groups is 2. The Labute approximate surface area is 251 Å². The van der Waals surface area contributed by atoms with Crippen molar-refractivity contribution in [1.29, 1.82) is 0 Å². The zero-order chi connectivity index (χ0) is 32.7. The number of fused-ring (bicyclic) bond motifs is 1. The molecule has 0 amide bonds. The van der Waals surface area contributed by atoms with Gasteiger partial charge in [0.1, 0.15) is 47.9 Å². The van der Waals surface area contributed by atoms with E-state index in [4.69, 9.17) is 24.5 Å². The van der Waals surface area contributed by atoms with Crippen molar-refractivity contribution in [2.45, 2.75) is 49.1 Å². The van der Waals surface area contributed by atoms with Crippen molar-refractivity contribution in [3.05, 3.63) is 53.0 Å². The molecule has 10 atom stereocenters. The SMILES string of the molecule is Nc1ccnc2c1ncn2[C@@H]1OC(COP(=O)(O)OP(=O)(O)OC[C@H]2OC(Oc3ccc([N+](=O)[O-])cc3)[C@H](O)[C@@H]2O)[C@@H](O)[C@H]1O. The molecule has 0 radical (unpaired) electrons. The van der Waals surface area contributed by atoms with Crippen LogP contribution < -0.4 is 10.5 Å². The number of aliphatic hydroxyl groups excluding tert-OH is 4. The molecule has 0 spiro atoms. The number of aromatic nitrogens is 3. The van der Waals surface area contributed by atoms with Crippen molar-refractivity contribution in [1.82, 2.24) is 14.5 Å². The van der Waals surface area contributed by atoms with E-state index in [0.29, 0.717) is 11.2 Å². The lowest BCUT2D eigenvalue weighted by molar-refractivity contribution is -0.384. The van der Waals surface area contributed by atoms with Crippen LogP contribution in [0.2, 0.25) is 0 Å². The normalized spacial score (nSPS) is 31.1. The number of nitro benzene ring substituents is 1. The Morgan fingerprint density at radius 3 is 2.13 bits per heavy atom. The lowest BCUT2D eigenvalue weighted by Crippen LogP contribution is -2.35. The maximum atomic E-state index is 12.4. The number of benzene rings is 1. The molecule has 1 aromatic carbocycles. The average Bonchev–Trinajstić information content (AvgIpc) is 3.61. The Kier molecular flexibility index (Phi) is 9.55. The van der Waals surface area contributed by atoms with Gasteiger partial charge in [0.05, 0.1) is 30.2 Å². The summed E-state index contributed by atoms with van der Waals surface area (Å²) in [7, 11) is -10.8. The van der Waals surface area contributed by atoms with Gasteiger partial charge in [-0.2, -0.15) is 4.31 Å². The Bertz CT molecular complexity index is 1630. The zero-order valence-corrected chi connectivity index (χ0v) is 24.4. The molecule has 2 fully saturated rings. The smallest absolute Gasteiger partial charge is 0.462 e. The fraction of sp³-hybridized carbons (Fsp3) is 0.455. The second kappa shape index (κ2) is 12.9. The first-order valence-electron chi connectivity index (χ1n) is 12.8. The van der Waals surface area contributed by atoms with Crippen LogP contribution in [-0.2, 0) is 32.0 Å². The number of aliphatic hydroxyl groups is 4. The van der Waals surface area contributed by atoms with Crippen LogP contribution in [0.5, 0.6) is 5.75 Å². The van der Waals surface area contributed by atoms with Gasteiger partial charge in [0, 0.05) is 18.3 Å². The lowest BCUT2D eigenvalue weighted by atomic mass is 10.1. The Morgan fingerprint density at radius 1 is 0.911 bits per heavy atom. The first kappa shape index (κ1) is 33.2. The highest BCUT2D eigenvalue weighted by Crippen LogP contribution is 2.60. The standard InChI is InChI=1S/C22H27N5O16P2/c23-12-5-6-24-20-15(12)25-9-26(20)21-18(30)16(28)13(41-21)7-38-44(34,35)43-45(36,37)39-8-14-17(29)19(31)22(42-14)40-11-3-1-10(2-4-11)27(32)33/h1-6,9,13-14,16-19,21-22,28-31H,7-8H2,(H2,23,24)(H,34,35)(H,36,37)/t13?,14-,16-,17-,18-,19-,21-,22?/m1/s1. The summed E-state index contributed by atoms with van der Waals surface area (Å²) in [5.41, 5.74) is 6.43. The minimum absolute atomic E-state index is 0.0305. The molecule has 23 heteroatoms. The minimum Gasteiger partial charge on any atom is -0.462 e. The second-order valence-corrected chi connectivity index (χ2v) is 12.8. The number of phosphoric acid groups is 2. The molecule has 45 heavy (non-hydrogen) atoms. The van der Waals surface area contributed by atoms with Crippen LogP contribution in [0.25, 0.3) is 11.2 Å². The zero-order valence-electron chi connectivity index (χ0n) is 22.6. The van der Waals surface area contributed by atoms with Crippen LogP contribution in [0.1, 0.15) is 6.23 Å². The molecule has 4 heterocycles. The third-order valence-corrected chi connectivity index (χ3v) is 9.33. The van der Waals surface area contributed by atoms with Gasteiger partial charge in [-0.1, -0.05) is 0 Å². The maximum Gasteiger partial charge on any atom is 0.481 e. The van der Waals surface area contributed by atoms with Gasteiger partial charge in [-0.25, -0.2) is 19.1 Å². The molecule has 8 N–H and O–H groups in total. The Hall–Kier alpha value is -3.14. The summed E-state index contributed by atoms with van der Waals surface area (Å²) in [5, 5.41) is 52.1. The number of ether oxygens (including phenoxy) is 3. The minimum atomic E-state index is -5.39. The predicted molar refractivity (Wildman–Crippen MR) is 145 cm³/mol. The van der Waals surface area contributed by atoms with Crippen LogP contribution in [0.15, 0.2) is 42.9 Å². The van der Waals surface area contributed by atoms with Gasteiger partial charge < -0.3 is 50.2 Å². The summed E-state index contributed by atoms with van der Waals surface area (Å²) in [5.74, 6) is 0.0305. The molecule has 2 saturated heterocycles. The fourth-order valence-electron chi connectivity index (χ4n) is 4.48. The van der Waals surface area contributed by atoms with Gasteiger partial charge >= 0.3 is 15.6 Å². The van der Waals surface area contributed by atoms with E-state index < -0.39 is 82.9 Å². The number of nitrogens with zero attached hydrogens (tertiary/aromatic N) is 4. The molecular weight excluding hydrogens is 652 g/mol. The van der Waals surface area contributed by atoms with Crippen molar-refractivity contribution in [2.75, 3.05) is 18.9 Å². The molecule has 2 aliphatic heterocycles. The molecule has 5 rings (SSSR count). The number of pyridine rings is 1. The van der Waals surface area contributed by atoms with E-state index in [2.05, 4.69) is 18.8 Å². The van der Waals surface area contributed by atoms with Gasteiger partial charge in [-0.3, -0.25) is 23.7 Å². The van der Waals surface area contributed by atoms with Crippen LogP contribution >= 0.6 is 15.6 Å². The molecule has 246 valence electrons. The first-order chi connectivity index (χ1) is 21.2. The second-order valence-electron chi connectivity index (χ2n) is 9.77. The Morgan fingerprint density at radius 2 is 1.51 bits per heavy atom. The lowest BCUT2D eigenvalue weighted by Gasteiger charge is -2.20. The van der Waals surface area contributed by atoms with Gasteiger partial charge in [0.15, 0.2) is 11.9 Å². The maximum absolute atomic E-state index is 12.4. The number of nitrogen functional groups attached to an aromatic ring is 1. The molecule has 0 saturated carbocycles. The van der Waals surface area contributed by atoms with Crippen LogP contribution in [0, 0.1) is 10.1 Å². The third kappa shape index (κ3) is 7.31. The molecule has 2 aliphatic rings. The highest BCUT2D eigenvalue weighted by molar-refractivity contribution is 7.61. The number of nitro groups is 1. The Balaban J connectivity index is 1.13. The number of hydrogen-bond donors (Lipinski definition) is 7. The van der Waals surface area contributed by atoms with Crippen LogP contribution in [-0.4, -0.2) is 106 Å². The van der Waals surface area contributed by atoms with Crippen LogP contribution in [0.3, 0.4) is 0 Å². The van der Waals surface area contributed by atoms with Gasteiger partial charge in [0.2, 0.25) is 6.29 Å². The molecule has 0 aliphatic carbocycles. The highest BCUT2D eigenvalue weighted by Gasteiger charge is 2.48. The van der Waals surface area contributed by atoms with Gasteiger partial charge in [0.25, 0.3) is 5.69 Å². The predicted octanol–water partition coefficient (Wildman–Crippen LogP) is -0.683. The van der Waals surface area contributed by atoms with Crippen molar-refractivity contribution in [3.8, 4) is 5.75 Å². The number of rotatable bonds is 12. The van der Waals surface area contributed by atoms with E-state index in [9.17, 15) is 49.5 Å². The van der Waals surface area contributed by atoms with E-state index in [1.54, 1.807) is 0 Å². The van der Waals surface area contributed by atoms with E-state index in [1.807, 2.05) is 0 Å². The van der Waals surface area contributed by atoms with Crippen molar-refractivity contribution in [3.63, 3.8) is 0 Å². The molecular formula is C22H27N5O16P2. The molecule has 4 unspecified atom stereocenters. The van der Waals surface area contributed by atoms with E-state index in [-0.39, 0.29) is 17.1 Å². The van der Waals surface area contributed by atoms with E-state index in [1.165, 1.54) is 35.3 Å². The van der Waals surface area contributed by atoms with Crippen LogP contribution in [0.4, 0.5) is 11.4 Å². The van der Waals surface area contributed by atoms with Crippen molar-refractivity contribution >= 4 is 38.2 Å². The summed E-state index contributed by atoms with van der Waals surface area (Å²) in [4.78, 5) is 38.3. The molecule has 0 bridgehead atoms. The first-order valence-corrected chi connectivity index (χ1v) is 15.8. The molecule has 3 aromatic rings. The summed E-state index contributed by atoms with van der Waals surface area (Å²) in [6.07, 6.45) is -9.70. The van der Waals surface area contributed by atoms with Gasteiger partial charge in [-0.15, -0.1) is 0 Å². The van der Waals surface area contributed by atoms with Crippen molar-refractivity contribution in [2.24, 2.45) is 0 Å².